The van der Waals surface area contributed by atoms with Crippen LogP contribution in [0.4, 0.5) is 10.1 Å². The molecule has 2 rings (SSSR count). The summed E-state index contributed by atoms with van der Waals surface area (Å²) >= 11 is 4.35. The van der Waals surface area contributed by atoms with Gasteiger partial charge in [-0.15, -0.1) is 0 Å². The molecule has 84 valence electrons. The van der Waals surface area contributed by atoms with Crippen LogP contribution >= 0.6 is 27.7 Å². The fourth-order valence-electron chi connectivity index (χ4n) is 1.11. The monoisotopic (exact) mass is 302 g/mol. The summed E-state index contributed by atoms with van der Waals surface area (Å²) in [6, 6.07) is 2.91. The standard InChI is InChI=1S/C9H8BrFN4S/c1-15-9(13-4-14-15)16-8-3-6(11)5(10)2-7(8)12/h2-4H,12H2,1H3. The van der Waals surface area contributed by atoms with E-state index >= 15 is 0 Å². The Morgan fingerprint density at radius 3 is 2.88 bits per heavy atom. The van der Waals surface area contributed by atoms with Crippen LogP contribution in [-0.4, -0.2) is 14.8 Å². The zero-order valence-corrected chi connectivity index (χ0v) is 10.7. The SMILES string of the molecule is Cn1ncnc1Sc1cc(F)c(Br)cc1N. The molecule has 0 saturated heterocycles. The highest BCUT2D eigenvalue weighted by atomic mass is 79.9. The van der Waals surface area contributed by atoms with Gasteiger partial charge < -0.3 is 5.73 Å². The molecule has 2 N–H and O–H groups in total. The van der Waals surface area contributed by atoms with Crippen molar-refractivity contribution in [2.45, 2.75) is 10.1 Å². The molecular weight excluding hydrogens is 295 g/mol. The molecule has 16 heavy (non-hydrogen) atoms. The predicted octanol–water partition coefficient (Wildman–Crippen LogP) is 2.45. The molecular formula is C9H8BrFN4S. The third-order valence-electron chi connectivity index (χ3n) is 1.92. The third kappa shape index (κ3) is 2.19. The minimum atomic E-state index is -0.348. The van der Waals surface area contributed by atoms with Crippen molar-refractivity contribution in [2.24, 2.45) is 7.05 Å². The van der Waals surface area contributed by atoms with Crippen LogP contribution in [0.5, 0.6) is 0 Å². The van der Waals surface area contributed by atoms with Gasteiger partial charge in [0.25, 0.3) is 0 Å². The van der Waals surface area contributed by atoms with Crippen LogP contribution in [0.25, 0.3) is 0 Å². The minimum absolute atomic E-state index is 0.348. The van der Waals surface area contributed by atoms with Gasteiger partial charge in [-0.1, -0.05) is 0 Å². The molecule has 4 nitrogen and oxygen atoms in total. The van der Waals surface area contributed by atoms with E-state index in [0.29, 0.717) is 20.2 Å². The van der Waals surface area contributed by atoms with Crippen LogP contribution in [0.2, 0.25) is 0 Å². The summed E-state index contributed by atoms with van der Waals surface area (Å²) in [5.41, 5.74) is 6.28. The van der Waals surface area contributed by atoms with E-state index in [0.717, 1.165) is 0 Å². The summed E-state index contributed by atoms with van der Waals surface area (Å²) in [7, 11) is 1.76. The molecule has 0 radical (unpaired) electrons. The van der Waals surface area contributed by atoms with Crippen molar-refractivity contribution >= 4 is 33.4 Å². The molecule has 2 aromatic rings. The van der Waals surface area contributed by atoms with E-state index in [2.05, 4.69) is 26.0 Å². The Morgan fingerprint density at radius 1 is 1.50 bits per heavy atom. The average Bonchev–Trinajstić information content (AvgIpc) is 2.61. The molecule has 0 aliphatic heterocycles. The van der Waals surface area contributed by atoms with Gasteiger partial charge in [0.15, 0.2) is 5.16 Å². The summed E-state index contributed by atoms with van der Waals surface area (Å²) in [4.78, 5) is 4.65. The lowest BCUT2D eigenvalue weighted by atomic mass is 10.3. The zero-order chi connectivity index (χ0) is 11.7. The van der Waals surface area contributed by atoms with Crippen LogP contribution in [-0.2, 0) is 7.05 Å². The first-order chi connectivity index (χ1) is 7.58. The highest BCUT2D eigenvalue weighted by Crippen LogP contribution is 2.33. The van der Waals surface area contributed by atoms with Gasteiger partial charge in [0.1, 0.15) is 12.1 Å². The Hall–Kier alpha value is -1.08. The molecule has 7 heteroatoms. The maximum absolute atomic E-state index is 13.3. The zero-order valence-electron chi connectivity index (χ0n) is 8.32. The number of aryl methyl sites for hydroxylation is 1. The van der Waals surface area contributed by atoms with Gasteiger partial charge in [0.2, 0.25) is 0 Å². The minimum Gasteiger partial charge on any atom is -0.398 e. The summed E-state index contributed by atoms with van der Waals surface area (Å²) in [5.74, 6) is -0.348. The quantitative estimate of drug-likeness (QED) is 0.866. The van der Waals surface area contributed by atoms with E-state index in [-0.39, 0.29) is 5.82 Å². The van der Waals surface area contributed by atoms with Crippen molar-refractivity contribution < 1.29 is 4.39 Å². The molecule has 1 aromatic heterocycles. The van der Waals surface area contributed by atoms with E-state index < -0.39 is 0 Å². The second kappa shape index (κ2) is 4.42. The maximum Gasteiger partial charge on any atom is 0.190 e. The largest absolute Gasteiger partial charge is 0.398 e. The lowest BCUT2D eigenvalue weighted by Crippen LogP contribution is -1.95. The number of anilines is 1. The fraction of sp³-hybridized carbons (Fsp3) is 0.111. The number of hydrogen-bond donors (Lipinski definition) is 1. The van der Waals surface area contributed by atoms with Gasteiger partial charge in [0.05, 0.1) is 4.47 Å². The fourth-order valence-corrected chi connectivity index (χ4v) is 2.28. The first kappa shape index (κ1) is 11.4. The van der Waals surface area contributed by atoms with Gasteiger partial charge in [-0.25, -0.2) is 14.1 Å². The van der Waals surface area contributed by atoms with Gasteiger partial charge in [-0.05, 0) is 39.8 Å². The molecule has 0 saturated carbocycles. The Labute approximate surface area is 104 Å². The van der Waals surface area contributed by atoms with Crippen LogP contribution < -0.4 is 5.73 Å². The van der Waals surface area contributed by atoms with Crippen molar-refractivity contribution in [3.8, 4) is 0 Å². The molecule has 0 unspecified atom stereocenters. The topological polar surface area (TPSA) is 56.7 Å². The van der Waals surface area contributed by atoms with Crippen molar-refractivity contribution in [2.75, 3.05) is 5.73 Å². The van der Waals surface area contributed by atoms with Crippen LogP contribution in [0.15, 0.2) is 33.0 Å². The Bertz CT molecular complexity index is 528. The average molecular weight is 303 g/mol. The van der Waals surface area contributed by atoms with Crippen molar-refractivity contribution in [1.29, 1.82) is 0 Å². The first-order valence-electron chi connectivity index (χ1n) is 4.34. The van der Waals surface area contributed by atoms with E-state index in [1.165, 1.54) is 30.2 Å². The van der Waals surface area contributed by atoms with Crippen LogP contribution in [0.1, 0.15) is 0 Å². The molecule has 0 amide bonds. The van der Waals surface area contributed by atoms with Crippen LogP contribution in [0, 0.1) is 5.82 Å². The number of halogens is 2. The highest BCUT2D eigenvalue weighted by Gasteiger charge is 2.10. The van der Waals surface area contributed by atoms with Crippen molar-refractivity contribution in [3.63, 3.8) is 0 Å². The van der Waals surface area contributed by atoms with Crippen molar-refractivity contribution in [1.82, 2.24) is 14.8 Å². The van der Waals surface area contributed by atoms with Gasteiger partial charge >= 0.3 is 0 Å². The molecule has 0 spiro atoms. The first-order valence-corrected chi connectivity index (χ1v) is 5.95. The lowest BCUT2D eigenvalue weighted by Gasteiger charge is -2.05. The van der Waals surface area contributed by atoms with E-state index in [4.69, 9.17) is 5.73 Å². The van der Waals surface area contributed by atoms with E-state index in [1.807, 2.05) is 0 Å². The molecule has 1 heterocycles. The van der Waals surface area contributed by atoms with Gasteiger partial charge in [-0.3, -0.25) is 0 Å². The number of nitrogen functional groups attached to an aromatic ring is 1. The lowest BCUT2D eigenvalue weighted by molar-refractivity contribution is 0.617. The molecule has 0 atom stereocenters. The number of rotatable bonds is 2. The van der Waals surface area contributed by atoms with E-state index in [1.54, 1.807) is 11.7 Å². The van der Waals surface area contributed by atoms with E-state index in [9.17, 15) is 4.39 Å². The number of benzene rings is 1. The smallest absolute Gasteiger partial charge is 0.190 e. The number of aromatic nitrogens is 3. The summed E-state index contributed by atoms with van der Waals surface area (Å²) in [6.45, 7) is 0. The molecule has 0 aliphatic rings. The van der Waals surface area contributed by atoms with Gasteiger partial charge in [-0.2, -0.15) is 5.10 Å². The number of nitrogens with two attached hydrogens (primary N) is 1. The van der Waals surface area contributed by atoms with Crippen LogP contribution in [0.3, 0.4) is 0 Å². The Balaban J connectivity index is 2.35. The normalized spacial score (nSPS) is 10.7. The Morgan fingerprint density at radius 2 is 2.25 bits per heavy atom. The molecule has 0 bridgehead atoms. The van der Waals surface area contributed by atoms with Crippen molar-refractivity contribution in [3.05, 3.63) is 28.7 Å². The second-order valence-electron chi connectivity index (χ2n) is 3.07. The predicted molar refractivity (Wildman–Crippen MR) is 63.6 cm³/mol. The number of nitrogens with zero attached hydrogens (tertiary/aromatic N) is 3. The highest BCUT2D eigenvalue weighted by molar-refractivity contribution is 9.10. The summed E-state index contributed by atoms with van der Waals surface area (Å²) in [6.07, 6.45) is 1.44. The Kier molecular flexibility index (Phi) is 3.15. The van der Waals surface area contributed by atoms with Gasteiger partial charge in [0, 0.05) is 17.6 Å². The molecule has 0 aliphatic carbocycles. The number of hydrogen-bond acceptors (Lipinski definition) is 4. The molecule has 1 aromatic carbocycles. The summed E-state index contributed by atoms with van der Waals surface area (Å²) < 4.78 is 15.3. The summed E-state index contributed by atoms with van der Waals surface area (Å²) in [5, 5.41) is 4.58. The second-order valence-corrected chi connectivity index (χ2v) is 4.94. The maximum atomic E-state index is 13.3. The molecule has 0 fully saturated rings. The third-order valence-corrected chi connectivity index (χ3v) is 3.66.